The van der Waals surface area contributed by atoms with E-state index in [-0.39, 0.29) is 24.0 Å². The Morgan fingerprint density at radius 2 is 1.86 bits per heavy atom. The number of methoxy groups -OCH3 is 1. The summed E-state index contributed by atoms with van der Waals surface area (Å²) >= 11 is 0. The molecule has 0 bridgehead atoms. The molecule has 3 rings (SSSR count). The molecule has 28 heavy (non-hydrogen) atoms. The second kappa shape index (κ2) is 11.7. The summed E-state index contributed by atoms with van der Waals surface area (Å²) in [5.74, 6) is 2.77. The van der Waals surface area contributed by atoms with E-state index in [1.54, 1.807) is 14.2 Å². The van der Waals surface area contributed by atoms with Gasteiger partial charge in [0, 0.05) is 39.4 Å². The highest BCUT2D eigenvalue weighted by Crippen LogP contribution is 2.18. The van der Waals surface area contributed by atoms with Gasteiger partial charge in [0.2, 0.25) is 0 Å². The van der Waals surface area contributed by atoms with Crippen LogP contribution in [0.5, 0.6) is 5.75 Å². The Hall–Kier alpha value is -2.03. The van der Waals surface area contributed by atoms with Crippen molar-refractivity contribution in [2.75, 3.05) is 38.7 Å². The third-order valence-electron chi connectivity index (χ3n) is 4.79. The number of hydrogen-bond acceptors (Lipinski definition) is 4. The van der Waals surface area contributed by atoms with Gasteiger partial charge in [0.1, 0.15) is 11.6 Å². The predicted molar refractivity (Wildman–Crippen MR) is 126 cm³/mol. The van der Waals surface area contributed by atoms with Crippen LogP contribution in [0.2, 0.25) is 0 Å². The summed E-state index contributed by atoms with van der Waals surface area (Å²) in [6, 6.07) is 12.4. The van der Waals surface area contributed by atoms with Crippen molar-refractivity contribution in [1.82, 2.24) is 15.6 Å². The Balaban J connectivity index is 0.00000280. The number of nitrogens with one attached hydrogen (secondary N) is 2. The number of aromatic nitrogens is 1. The molecule has 1 saturated heterocycles. The van der Waals surface area contributed by atoms with E-state index in [4.69, 9.17) is 4.74 Å². The number of guanidine groups is 1. The Morgan fingerprint density at radius 3 is 2.54 bits per heavy atom. The molecule has 0 spiro atoms. The highest BCUT2D eigenvalue weighted by molar-refractivity contribution is 14.0. The molecule has 0 atom stereocenters. The summed E-state index contributed by atoms with van der Waals surface area (Å²) in [6.07, 6.45) is 5.34. The lowest BCUT2D eigenvalue weighted by atomic mass is 10.1. The molecule has 1 aromatic carbocycles. The van der Waals surface area contributed by atoms with Crippen LogP contribution >= 0.6 is 24.0 Å². The van der Waals surface area contributed by atoms with Crippen LogP contribution in [0.1, 0.15) is 24.0 Å². The van der Waals surface area contributed by atoms with Crippen molar-refractivity contribution < 1.29 is 4.74 Å². The number of halogens is 1. The minimum atomic E-state index is 0. The van der Waals surface area contributed by atoms with Crippen molar-refractivity contribution in [2.24, 2.45) is 4.99 Å². The first-order valence-electron chi connectivity index (χ1n) is 9.56. The minimum absolute atomic E-state index is 0. The number of nitrogens with zero attached hydrogens (tertiary/aromatic N) is 3. The topological polar surface area (TPSA) is 61.8 Å². The van der Waals surface area contributed by atoms with Gasteiger partial charge in [-0.05, 0) is 54.7 Å². The van der Waals surface area contributed by atoms with Gasteiger partial charge in [-0.2, -0.15) is 0 Å². The number of rotatable bonds is 7. The first-order valence-corrected chi connectivity index (χ1v) is 9.56. The molecule has 2 heterocycles. The Labute approximate surface area is 184 Å². The van der Waals surface area contributed by atoms with Crippen molar-refractivity contribution in [3.8, 4) is 5.75 Å². The van der Waals surface area contributed by atoms with Crippen LogP contribution in [0.3, 0.4) is 0 Å². The molecule has 0 radical (unpaired) electrons. The van der Waals surface area contributed by atoms with Crippen LogP contribution in [0.25, 0.3) is 0 Å². The molecule has 1 aliphatic heterocycles. The van der Waals surface area contributed by atoms with Gasteiger partial charge in [0.15, 0.2) is 5.96 Å². The quantitative estimate of drug-likeness (QED) is 0.351. The fourth-order valence-electron chi connectivity index (χ4n) is 3.21. The van der Waals surface area contributed by atoms with E-state index in [0.29, 0.717) is 0 Å². The SMILES string of the molecule is CN=C(NCCc1ccc(OC)cc1)NCc1ccnc(N2CCCC2)c1.I. The molecule has 2 N–H and O–H groups in total. The Kier molecular flexibility index (Phi) is 9.33. The highest BCUT2D eigenvalue weighted by atomic mass is 127. The number of aliphatic imine (C=N–C) groups is 1. The number of pyridine rings is 1. The number of hydrogen-bond donors (Lipinski definition) is 2. The smallest absolute Gasteiger partial charge is 0.191 e. The third-order valence-corrected chi connectivity index (χ3v) is 4.79. The molecular formula is C21H30IN5O. The van der Waals surface area contributed by atoms with Crippen molar-refractivity contribution >= 4 is 35.8 Å². The zero-order valence-electron chi connectivity index (χ0n) is 16.6. The maximum absolute atomic E-state index is 5.19. The highest BCUT2D eigenvalue weighted by Gasteiger charge is 2.13. The van der Waals surface area contributed by atoms with E-state index in [0.717, 1.165) is 50.1 Å². The van der Waals surface area contributed by atoms with Gasteiger partial charge in [-0.25, -0.2) is 4.98 Å². The molecule has 152 valence electrons. The fourth-order valence-corrected chi connectivity index (χ4v) is 3.21. The van der Waals surface area contributed by atoms with E-state index in [1.807, 2.05) is 18.3 Å². The zero-order valence-corrected chi connectivity index (χ0v) is 19.0. The lowest BCUT2D eigenvalue weighted by Crippen LogP contribution is -2.37. The largest absolute Gasteiger partial charge is 0.497 e. The van der Waals surface area contributed by atoms with Gasteiger partial charge >= 0.3 is 0 Å². The van der Waals surface area contributed by atoms with Gasteiger partial charge in [-0.15, -0.1) is 24.0 Å². The average Bonchev–Trinajstić information content (AvgIpc) is 3.26. The molecule has 0 amide bonds. The normalized spacial score (nSPS) is 13.8. The first kappa shape index (κ1) is 22.3. The van der Waals surface area contributed by atoms with Crippen LogP contribution in [0.4, 0.5) is 5.82 Å². The van der Waals surface area contributed by atoms with Gasteiger partial charge in [0.25, 0.3) is 0 Å². The zero-order chi connectivity index (χ0) is 18.9. The molecule has 1 fully saturated rings. The summed E-state index contributed by atoms with van der Waals surface area (Å²) in [4.78, 5) is 11.2. The molecule has 2 aromatic rings. The molecule has 6 nitrogen and oxygen atoms in total. The van der Waals surface area contributed by atoms with Crippen LogP contribution < -0.4 is 20.3 Å². The molecule has 0 saturated carbocycles. The Bertz CT molecular complexity index is 745. The molecule has 0 unspecified atom stereocenters. The summed E-state index contributed by atoms with van der Waals surface area (Å²) in [5.41, 5.74) is 2.48. The van der Waals surface area contributed by atoms with E-state index in [2.05, 4.69) is 49.8 Å². The van der Waals surface area contributed by atoms with Crippen LogP contribution in [-0.4, -0.2) is 44.7 Å². The monoisotopic (exact) mass is 495 g/mol. The lowest BCUT2D eigenvalue weighted by molar-refractivity contribution is 0.414. The standard InChI is InChI=1S/C21H29N5O.HI/c1-22-21(24-12-9-17-5-7-19(27-2)8-6-17)25-16-18-10-11-23-20(15-18)26-13-3-4-14-26;/h5-8,10-11,15H,3-4,9,12-14,16H2,1-2H3,(H2,22,24,25);1H. The summed E-state index contributed by atoms with van der Waals surface area (Å²) in [5, 5.41) is 6.75. The molecule has 1 aliphatic rings. The van der Waals surface area contributed by atoms with E-state index in [9.17, 15) is 0 Å². The number of anilines is 1. The van der Waals surface area contributed by atoms with Crippen molar-refractivity contribution in [3.05, 3.63) is 53.7 Å². The van der Waals surface area contributed by atoms with Crippen molar-refractivity contribution in [2.45, 2.75) is 25.8 Å². The van der Waals surface area contributed by atoms with E-state index in [1.165, 1.54) is 24.0 Å². The summed E-state index contributed by atoms with van der Waals surface area (Å²) in [6.45, 7) is 3.77. The van der Waals surface area contributed by atoms with E-state index >= 15 is 0 Å². The second-order valence-corrected chi connectivity index (χ2v) is 6.67. The van der Waals surface area contributed by atoms with Crippen LogP contribution in [0, 0.1) is 0 Å². The lowest BCUT2D eigenvalue weighted by Gasteiger charge is -2.17. The van der Waals surface area contributed by atoms with Crippen LogP contribution in [0.15, 0.2) is 47.6 Å². The Morgan fingerprint density at radius 1 is 1.11 bits per heavy atom. The molecule has 7 heteroatoms. The fraction of sp³-hybridized carbons (Fsp3) is 0.429. The maximum Gasteiger partial charge on any atom is 0.191 e. The average molecular weight is 495 g/mol. The second-order valence-electron chi connectivity index (χ2n) is 6.67. The first-order chi connectivity index (χ1) is 13.3. The molecular weight excluding hydrogens is 465 g/mol. The predicted octanol–water partition coefficient (Wildman–Crippen LogP) is 3.22. The number of ether oxygens (including phenoxy) is 1. The minimum Gasteiger partial charge on any atom is -0.497 e. The summed E-state index contributed by atoms with van der Waals surface area (Å²) < 4.78 is 5.19. The van der Waals surface area contributed by atoms with E-state index < -0.39 is 0 Å². The van der Waals surface area contributed by atoms with Gasteiger partial charge in [-0.1, -0.05) is 12.1 Å². The van der Waals surface area contributed by atoms with Gasteiger partial charge in [0.05, 0.1) is 7.11 Å². The van der Waals surface area contributed by atoms with Crippen molar-refractivity contribution in [3.63, 3.8) is 0 Å². The van der Waals surface area contributed by atoms with Gasteiger partial charge < -0.3 is 20.3 Å². The maximum atomic E-state index is 5.19. The number of benzene rings is 1. The summed E-state index contributed by atoms with van der Waals surface area (Å²) in [7, 11) is 3.48. The molecule has 1 aromatic heterocycles. The van der Waals surface area contributed by atoms with Gasteiger partial charge in [-0.3, -0.25) is 4.99 Å². The molecule has 0 aliphatic carbocycles. The third kappa shape index (κ3) is 6.54. The van der Waals surface area contributed by atoms with Crippen LogP contribution in [-0.2, 0) is 13.0 Å². The van der Waals surface area contributed by atoms with Crippen molar-refractivity contribution in [1.29, 1.82) is 0 Å².